The summed E-state index contributed by atoms with van der Waals surface area (Å²) in [6.07, 6.45) is 8.25. The Balaban J connectivity index is 0.822. The van der Waals surface area contributed by atoms with Crippen LogP contribution >= 0.6 is 11.3 Å². The maximum Gasteiger partial charge on any atom is 0.407 e. The Labute approximate surface area is 415 Å². The highest BCUT2D eigenvalue weighted by Gasteiger charge is 2.45. The second kappa shape index (κ2) is 23.6. The molecule has 3 heterocycles. The molecule has 15 nitrogen and oxygen atoms in total. The zero-order valence-electron chi connectivity index (χ0n) is 41.4. The van der Waals surface area contributed by atoms with Crippen molar-refractivity contribution in [3.63, 3.8) is 0 Å². The van der Waals surface area contributed by atoms with Crippen LogP contribution in [0.1, 0.15) is 103 Å². The lowest BCUT2D eigenvalue weighted by atomic mass is 9.65. The number of fused-ring (bicyclic) bond motifs is 1. The number of ether oxygens (including phenoxy) is 3. The number of aromatic nitrogens is 1. The number of hydrogen-bond donors (Lipinski definition) is 5. The minimum absolute atomic E-state index is 0.00558. The summed E-state index contributed by atoms with van der Waals surface area (Å²) in [6.45, 7) is 12.6. The van der Waals surface area contributed by atoms with Crippen molar-refractivity contribution < 1.29 is 48.4 Å². The van der Waals surface area contributed by atoms with E-state index in [-0.39, 0.29) is 92.6 Å². The summed E-state index contributed by atoms with van der Waals surface area (Å²) in [5.41, 5.74) is 6.26. The van der Waals surface area contributed by atoms with Crippen LogP contribution in [-0.2, 0) is 41.6 Å². The van der Waals surface area contributed by atoms with Gasteiger partial charge in [-0.2, -0.15) is 0 Å². The number of thiazole rings is 1. The Morgan fingerprint density at radius 3 is 2.40 bits per heavy atom. The molecule has 2 aliphatic carbocycles. The summed E-state index contributed by atoms with van der Waals surface area (Å²) >= 11 is 1.57. The number of allylic oxidation sites excluding steroid dienone is 3. The molecule has 3 aromatic rings. The first kappa shape index (κ1) is 52.2. The van der Waals surface area contributed by atoms with Crippen LogP contribution in [0.3, 0.4) is 0 Å². The molecule has 0 unspecified atom stereocenters. The van der Waals surface area contributed by atoms with Crippen molar-refractivity contribution in [1.29, 1.82) is 0 Å². The van der Waals surface area contributed by atoms with Gasteiger partial charge in [0.1, 0.15) is 30.0 Å². The van der Waals surface area contributed by atoms with Gasteiger partial charge in [0.05, 0.1) is 47.7 Å². The number of likely N-dealkylation sites (tertiary alicyclic amines) is 1. The van der Waals surface area contributed by atoms with E-state index in [0.29, 0.717) is 38.0 Å². The third kappa shape index (κ3) is 13.8. The number of esters is 1. The summed E-state index contributed by atoms with van der Waals surface area (Å²) < 4.78 is 17.6. The van der Waals surface area contributed by atoms with Gasteiger partial charge in [-0.1, -0.05) is 89.2 Å². The number of amides is 4. The Morgan fingerprint density at radius 1 is 0.957 bits per heavy atom. The number of β-amino-alcohol motifs (C(OH)–C–C–N with tert-alkyl or cyclic N) is 1. The molecule has 2 saturated heterocycles. The Hall–Kier alpha value is -5.58. The first-order valence-corrected chi connectivity index (χ1v) is 25.8. The average Bonchev–Trinajstić information content (AvgIpc) is 3.93. The van der Waals surface area contributed by atoms with Gasteiger partial charge in [0.15, 0.2) is 0 Å². The fraction of sp³-hybridized carbons (Fsp3) is 0.556. The number of nitrogens with one attached hydrogen (secondary N) is 3. The molecule has 1 aromatic heterocycles. The molecule has 4 amide bonds. The molecule has 0 spiro atoms. The number of benzene rings is 2. The average molecular weight is 982 g/mol. The molecule has 0 bridgehead atoms. The molecule has 4 aliphatic rings. The molecule has 7 rings (SSSR count). The minimum Gasteiger partial charge on any atom is -0.493 e. The van der Waals surface area contributed by atoms with Gasteiger partial charge >= 0.3 is 12.1 Å². The standard InChI is InChI=1S/C54H71N5O10S/c1-32-24-38-14-9-33(2)43(20-19-42-26-39(60)28-47(63)68-42)48(38)45(25-32)69-53(66)55-22-7-8-35-12-17-41(18-13-35)67-23-21-46(62)58-50(54(4,5)6)52(65)59-30-40(61)27-44(59)51(64)56-29-36-10-15-37(16-11-36)49-34(3)57-31-70-49/h9-18,24,31-33,39-40,42-45,48,50,60-61H,7-8,19-23,25-30H2,1-6H3,(H,55,66)(H,56,64)(H,58,62)/t32-,33-,39+,40-,42+,43-,44+,45-,48-,50-/m1/s1. The first-order chi connectivity index (χ1) is 33.4. The molecule has 16 heteroatoms. The molecule has 0 radical (unpaired) electrons. The van der Waals surface area contributed by atoms with Crippen LogP contribution in [0.2, 0.25) is 0 Å². The van der Waals surface area contributed by atoms with Crippen LogP contribution in [0.4, 0.5) is 4.79 Å². The van der Waals surface area contributed by atoms with Crippen LogP contribution in [-0.4, -0.2) is 106 Å². The van der Waals surface area contributed by atoms with Gasteiger partial charge < -0.3 is 45.3 Å². The highest BCUT2D eigenvalue weighted by molar-refractivity contribution is 7.13. The molecule has 2 aromatic carbocycles. The van der Waals surface area contributed by atoms with Crippen LogP contribution < -0.4 is 20.7 Å². The van der Waals surface area contributed by atoms with E-state index in [2.05, 4.69) is 53.0 Å². The molecule has 2 fully saturated rings. The van der Waals surface area contributed by atoms with Crippen molar-refractivity contribution in [2.75, 3.05) is 19.7 Å². The SMILES string of the molecule is Cc1ncsc1-c1ccc(CNC(=O)[C@@H]2C[C@@H](O)CN2C(=O)[C@@H](NC(=O)CCOc2ccc(CCCNC(=O)O[C@@H]3C[C@H](C)C=C4C=C[C@@H](C)[C@@H](CC[C@H]5C[C@H](O)CC(=O)O5)[C@@H]43)cc2)C(C)(C)C)cc1. The van der Waals surface area contributed by atoms with E-state index >= 15 is 0 Å². The fourth-order valence-electron chi connectivity index (χ4n) is 10.3. The van der Waals surface area contributed by atoms with Crippen molar-refractivity contribution in [1.82, 2.24) is 25.8 Å². The number of hydrogen-bond acceptors (Lipinski definition) is 12. The predicted molar refractivity (Wildman–Crippen MR) is 266 cm³/mol. The second-order valence-electron chi connectivity index (χ2n) is 20.7. The molecular weight excluding hydrogens is 911 g/mol. The maximum atomic E-state index is 14.1. The number of nitrogens with zero attached hydrogens (tertiary/aromatic N) is 2. The molecule has 0 saturated carbocycles. The number of aryl methyl sites for hydroxylation is 2. The summed E-state index contributed by atoms with van der Waals surface area (Å²) in [6, 6.07) is 13.6. The number of carbonyl (C=O) groups excluding carboxylic acids is 5. The number of aliphatic hydroxyl groups excluding tert-OH is 2. The zero-order chi connectivity index (χ0) is 50.1. The number of alkyl carbamates (subject to hydrolysis) is 1. The quantitative estimate of drug-likeness (QED) is 0.0650. The summed E-state index contributed by atoms with van der Waals surface area (Å²) in [5.74, 6) is -0.190. The highest BCUT2D eigenvalue weighted by atomic mass is 32.1. The lowest BCUT2D eigenvalue weighted by Gasteiger charge is -2.43. The second-order valence-corrected chi connectivity index (χ2v) is 21.6. The summed E-state index contributed by atoms with van der Waals surface area (Å²) in [4.78, 5) is 72.7. The lowest BCUT2D eigenvalue weighted by Crippen LogP contribution is -2.57. The molecule has 70 heavy (non-hydrogen) atoms. The van der Waals surface area contributed by atoms with Crippen LogP contribution in [0.15, 0.2) is 77.8 Å². The van der Waals surface area contributed by atoms with Gasteiger partial charge in [-0.25, -0.2) is 9.78 Å². The van der Waals surface area contributed by atoms with E-state index in [0.717, 1.165) is 40.1 Å². The number of aliphatic hydroxyl groups is 2. The number of rotatable bonds is 18. The van der Waals surface area contributed by atoms with E-state index in [9.17, 15) is 34.2 Å². The molecule has 5 N–H and O–H groups in total. The lowest BCUT2D eigenvalue weighted by molar-refractivity contribution is -0.160. The zero-order valence-corrected chi connectivity index (χ0v) is 42.2. The van der Waals surface area contributed by atoms with Crippen LogP contribution in [0.25, 0.3) is 10.4 Å². The Bertz CT molecular complexity index is 2360. The van der Waals surface area contributed by atoms with Crippen molar-refractivity contribution >= 4 is 41.1 Å². The first-order valence-electron chi connectivity index (χ1n) is 24.9. The third-order valence-corrected chi connectivity index (χ3v) is 15.0. The Kier molecular flexibility index (Phi) is 17.6. The van der Waals surface area contributed by atoms with Gasteiger partial charge in [-0.15, -0.1) is 11.3 Å². The molecule has 10 atom stereocenters. The monoisotopic (exact) mass is 981 g/mol. The van der Waals surface area contributed by atoms with Gasteiger partial charge in [0, 0.05) is 38.4 Å². The van der Waals surface area contributed by atoms with Crippen molar-refractivity contribution in [3.8, 4) is 16.2 Å². The maximum absolute atomic E-state index is 14.1. The van der Waals surface area contributed by atoms with E-state index in [1.54, 1.807) is 11.3 Å². The van der Waals surface area contributed by atoms with E-state index in [1.165, 1.54) is 10.5 Å². The van der Waals surface area contributed by atoms with Gasteiger partial charge in [-0.05, 0) is 96.6 Å². The van der Waals surface area contributed by atoms with Gasteiger partial charge in [0.2, 0.25) is 17.7 Å². The predicted octanol–water partition coefficient (Wildman–Crippen LogP) is 6.98. The molecule has 2 aliphatic heterocycles. The van der Waals surface area contributed by atoms with Gasteiger partial charge in [-0.3, -0.25) is 19.2 Å². The van der Waals surface area contributed by atoms with Crippen molar-refractivity contribution in [2.24, 2.45) is 29.1 Å². The summed E-state index contributed by atoms with van der Waals surface area (Å²) in [5, 5.41) is 29.5. The normalized spacial score (nSPS) is 25.8. The Morgan fingerprint density at radius 2 is 1.70 bits per heavy atom. The number of carbonyl (C=O) groups is 5. The van der Waals surface area contributed by atoms with Gasteiger partial charge in [0.25, 0.3) is 0 Å². The topological polar surface area (TPSA) is 206 Å². The van der Waals surface area contributed by atoms with Crippen LogP contribution in [0, 0.1) is 36.0 Å². The van der Waals surface area contributed by atoms with E-state index in [1.807, 2.05) is 81.7 Å². The summed E-state index contributed by atoms with van der Waals surface area (Å²) in [7, 11) is 0. The third-order valence-electron chi connectivity index (χ3n) is 14.1. The van der Waals surface area contributed by atoms with Crippen molar-refractivity contribution in [2.45, 2.75) is 142 Å². The molecular formula is C54H71N5O10S. The smallest absolute Gasteiger partial charge is 0.407 e. The fourth-order valence-corrected chi connectivity index (χ4v) is 11.1. The largest absolute Gasteiger partial charge is 0.493 e. The van der Waals surface area contributed by atoms with Crippen LogP contribution in [0.5, 0.6) is 5.75 Å². The minimum atomic E-state index is -0.950. The molecule has 378 valence electrons. The van der Waals surface area contributed by atoms with Crippen molar-refractivity contribution in [3.05, 3.63) is 94.7 Å². The number of cyclic esters (lactones) is 1. The van der Waals surface area contributed by atoms with E-state index in [4.69, 9.17) is 14.2 Å². The highest BCUT2D eigenvalue weighted by Crippen LogP contribution is 2.45. The van der Waals surface area contributed by atoms with E-state index < -0.39 is 41.7 Å².